The Morgan fingerprint density at radius 2 is 1.93 bits per heavy atom. The Balaban J connectivity index is 1.24. The molecule has 1 unspecified atom stereocenters. The smallest absolute Gasteiger partial charge is 0.248 e. The molecule has 5 rings (SSSR count). The fourth-order valence-electron chi connectivity index (χ4n) is 5.83. The second kappa shape index (κ2) is 12.7. The molecule has 2 atom stereocenters. The molecule has 2 amide bonds. The first-order valence-corrected chi connectivity index (χ1v) is 14.5. The van der Waals surface area contributed by atoms with Gasteiger partial charge in [0.25, 0.3) is 0 Å². The van der Waals surface area contributed by atoms with Crippen LogP contribution in [-0.2, 0) is 22.6 Å². The third kappa shape index (κ3) is 6.89. The predicted octanol–water partition coefficient (Wildman–Crippen LogP) is 4.45. The SMILES string of the molecule is CC(=O)NCCn1c(C2CCCN(C(=O)C[C@H](N)Cc3ccc(-c4cc[nH]c(=O)c4)cc3)C2)cc2c(Cl)cccc21. The summed E-state index contributed by atoms with van der Waals surface area (Å²) in [5.74, 6) is 0.180. The number of halogens is 1. The zero-order chi connectivity index (χ0) is 28.9. The van der Waals surface area contributed by atoms with Crippen molar-refractivity contribution in [1.29, 1.82) is 0 Å². The summed E-state index contributed by atoms with van der Waals surface area (Å²) in [5, 5.41) is 4.58. The highest BCUT2D eigenvalue weighted by atomic mass is 35.5. The number of amides is 2. The maximum absolute atomic E-state index is 13.3. The molecule has 2 aromatic heterocycles. The molecule has 1 saturated heterocycles. The number of nitrogens with two attached hydrogens (primary N) is 1. The standard InChI is InChI=1S/C32H36ClN5O3/c1-21(39)35-13-15-38-29-6-2-5-28(33)27(29)19-30(38)25-4-3-14-37(20-25)32(41)18-26(34)16-22-7-9-23(10-8-22)24-11-12-36-31(40)17-24/h2,5-12,17,19,25-26H,3-4,13-16,18,20,34H2,1H3,(H,35,39)(H,36,40)/t25?,26-/m1/s1. The lowest BCUT2D eigenvalue weighted by Crippen LogP contribution is -2.42. The molecule has 4 aromatic rings. The van der Waals surface area contributed by atoms with Gasteiger partial charge in [-0.15, -0.1) is 0 Å². The Kier molecular flexibility index (Phi) is 8.90. The highest BCUT2D eigenvalue weighted by molar-refractivity contribution is 6.35. The maximum Gasteiger partial charge on any atom is 0.248 e. The first-order valence-electron chi connectivity index (χ1n) is 14.1. The number of carbonyl (C=O) groups is 2. The summed E-state index contributed by atoms with van der Waals surface area (Å²) in [7, 11) is 0. The molecule has 0 radical (unpaired) electrons. The van der Waals surface area contributed by atoms with Gasteiger partial charge in [0.15, 0.2) is 0 Å². The highest BCUT2D eigenvalue weighted by Crippen LogP contribution is 2.34. The lowest BCUT2D eigenvalue weighted by atomic mass is 9.93. The van der Waals surface area contributed by atoms with Crippen LogP contribution in [0.4, 0.5) is 0 Å². The summed E-state index contributed by atoms with van der Waals surface area (Å²) in [6.45, 7) is 4.02. The molecule has 0 bridgehead atoms. The van der Waals surface area contributed by atoms with Crippen molar-refractivity contribution in [3.8, 4) is 11.1 Å². The number of benzene rings is 2. The fourth-order valence-corrected chi connectivity index (χ4v) is 6.06. The van der Waals surface area contributed by atoms with Crippen molar-refractivity contribution < 1.29 is 9.59 Å². The van der Waals surface area contributed by atoms with Crippen LogP contribution in [0.5, 0.6) is 0 Å². The second-order valence-corrected chi connectivity index (χ2v) is 11.3. The average molecular weight is 574 g/mol. The van der Waals surface area contributed by atoms with Crippen molar-refractivity contribution in [2.45, 2.75) is 51.1 Å². The van der Waals surface area contributed by atoms with Crippen LogP contribution in [0.3, 0.4) is 0 Å². The van der Waals surface area contributed by atoms with E-state index < -0.39 is 0 Å². The molecule has 214 valence electrons. The van der Waals surface area contributed by atoms with Gasteiger partial charge in [-0.05, 0) is 60.2 Å². The van der Waals surface area contributed by atoms with Gasteiger partial charge < -0.3 is 25.5 Å². The van der Waals surface area contributed by atoms with Crippen molar-refractivity contribution in [2.24, 2.45) is 5.73 Å². The predicted molar refractivity (Wildman–Crippen MR) is 163 cm³/mol. The Hall–Kier alpha value is -3.88. The van der Waals surface area contributed by atoms with Gasteiger partial charge in [-0.25, -0.2) is 0 Å². The molecule has 1 fully saturated rings. The van der Waals surface area contributed by atoms with Crippen LogP contribution in [0, 0.1) is 0 Å². The van der Waals surface area contributed by atoms with Crippen LogP contribution in [0.1, 0.15) is 43.4 Å². The normalized spacial score (nSPS) is 16.1. The highest BCUT2D eigenvalue weighted by Gasteiger charge is 2.28. The van der Waals surface area contributed by atoms with E-state index in [0.29, 0.717) is 31.1 Å². The first-order chi connectivity index (χ1) is 19.8. The summed E-state index contributed by atoms with van der Waals surface area (Å²) in [6.07, 6.45) is 4.40. The minimum Gasteiger partial charge on any atom is -0.355 e. The van der Waals surface area contributed by atoms with Crippen LogP contribution in [0.25, 0.3) is 22.0 Å². The van der Waals surface area contributed by atoms with E-state index in [0.717, 1.165) is 52.7 Å². The summed E-state index contributed by atoms with van der Waals surface area (Å²) in [6, 6.07) is 19.1. The molecule has 2 aromatic carbocycles. The van der Waals surface area contributed by atoms with Crippen LogP contribution < -0.4 is 16.6 Å². The topological polar surface area (TPSA) is 113 Å². The molecule has 3 heterocycles. The molecule has 0 spiro atoms. The number of H-pyrrole nitrogens is 1. The summed E-state index contributed by atoms with van der Waals surface area (Å²) >= 11 is 6.54. The van der Waals surface area contributed by atoms with Gasteiger partial charge in [-0.3, -0.25) is 14.4 Å². The van der Waals surface area contributed by atoms with Gasteiger partial charge in [-0.1, -0.05) is 41.9 Å². The van der Waals surface area contributed by atoms with E-state index in [-0.39, 0.29) is 35.8 Å². The molecule has 41 heavy (non-hydrogen) atoms. The van der Waals surface area contributed by atoms with Crippen LogP contribution >= 0.6 is 11.6 Å². The van der Waals surface area contributed by atoms with Crippen molar-refractivity contribution in [3.05, 3.63) is 93.5 Å². The third-order valence-corrected chi connectivity index (χ3v) is 8.15. The van der Waals surface area contributed by atoms with Crippen molar-refractivity contribution in [3.63, 3.8) is 0 Å². The van der Waals surface area contributed by atoms with E-state index >= 15 is 0 Å². The lowest BCUT2D eigenvalue weighted by Gasteiger charge is -2.34. The number of nitrogens with zero attached hydrogens (tertiary/aromatic N) is 2. The fraction of sp³-hybridized carbons (Fsp3) is 0.344. The molecule has 4 N–H and O–H groups in total. The van der Waals surface area contributed by atoms with Crippen LogP contribution in [-0.4, -0.2) is 51.9 Å². The number of likely N-dealkylation sites (tertiary alicyclic amines) is 1. The van der Waals surface area contributed by atoms with Gasteiger partial charge in [0, 0.05) is 85.4 Å². The van der Waals surface area contributed by atoms with Crippen LogP contribution in [0.2, 0.25) is 5.02 Å². The quantitative estimate of drug-likeness (QED) is 0.274. The van der Waals surface area contributed by atoms with Gasteiger partial charge in [0.1, 0.15) is 0 Å². The number of hydrogen-bond donors (Lipinski definition) is 3. The van der Waals surface area contributed by atoms with E-state index in [2.05, 4.69) is 27.0 Å². The number of piperidine rings is 1. The number of fused-ring (bicyclic) bond motifs is 1. The molecule has 1 aliphatic rings. The average Bonchev–Trinajstić information content (AvgIpc) is 3.33. The van der Waals surface area contributed by atoms with E-state index in [4.69, 9.17) is 17.3 Å². The van der Waals surface area contributed by atoms with Crippen molar-refractivity contribution in [1.82, 2.24) is 19.8 Å². The Labute approximate surface area is 244 Å². The molecule has 9 heteroatoms. The minimum absolute atomic E-state index is 0.0597. The maximum atomic E-state index is 13.3. The van der Waals surface area contributed by atoms with Gasteiger partial charge >= 0.3 is 0 Å². The van der Waals surface area contributed by atoms with Gasteiger partial charge in [0.05, 0.1) is 0 Å². The zero-order valence-corrected chi connectivity index (χ0v) is 24.0. The summed E-state index contributed by atoms with van der Waals surface area (Å²) < 4.78 is 2.23. The number of nitrogens with one attached hydrogen (secondary N) is 2. The van der Waals surface area contributed by atoms with Crippen molar-refractivity contribution in [2.75, 3.05) is 19.6 Å². The number of pyridine rings is 1. The number of hydrogen-bond acceptors (Lipinski definition) is 4. The number of aromatic amines is 1. The molecule has 1 aliphatic heterocycles. The Morgan fingerprint density at radius 3 is 2.68 bits per heavy atom. The lowest BCUT2D eigenvalue weighted by molar-refractivity contribution is -0.132. The monoisotopic (exact) mass is 573 g/mol. The van der Waals surface area contributed by atoms with E-state index in [9.17, 15) is 14.4 Å². The number of aromatic nitrogens is 2. The van der Waals surface area contributed by atoms with Crippen LogP contribution in [0.15, 0.2) is 71.7 Å². The molecular formula is C32H36ClN5O3. The third-order valence-electron chi connectivity index (χ3n) is 7.82. The summed E-state index contributed by atoms with van der Waals surface area (Å²) in [5.41, 5.74) is 11.4. The van der Waals surface area contributed by atoms with E-state index in [1.54, 1.807) is 12.3 Å². The van der Waals surface area contributed by atoms with Gasteiger partial charge in [-0.2, -0.15) is 0 Å². The Bertz CT molecular complexity index is 1590. The van der Waals surface area contributed by atoms with Crippen molar-refractivity contribution >= 4 is 34.3 Å². The van der Waals surface area contributed by atoms with Gasteiger partial charge in [0.2, 0.25) is 17.4 Å². The zero-order valence-electron chi connectivity index (χ0n) is 23.2. The molecular weight excluding hydrogens is 538 g/mol. The number of rotatable bonds is 9. The molecule has 0 aliphatic carbocycles. The largest absolute Gasteiger partial charge is 0.355 e. The van der Waals surface area contributed by atoms with E-state index in [1.807, 2.05) is 47.4 Å². The second-order valence-electron chi connectivity index (χ2n) is 10.9. The first kappa shape index (κ1) is 28.6. The summed E-state index contributed by atoms with van der Waals surface area (Å²) in [4.78, 5) is 41.0. The van der Waals surface area contributed by atoms with E-state index in [1.165, 1.54) is 6.92 Å². The number of carbonyl (C=O) groups excluding carboxylic acids is 2. The molecule has 8 nitrogen and oxygen atoms in total. The Morgan fingerprint density at radius 1 is 1.12 bits per heavy atom. The molecule has 0 saturated carbocycles. The minimum atomic E-state index is -0.295.